The molecule has 66 valence electrons. The van der Waals surface area contributed by atoms with Gasteiger partial charge in [-0.25, -0.2) is 0 Å². The van der Waals surface area contributed by atoms with Crippen molar-refractivity contribution in [3.05, 3.63) is 11.8 Å². The van der Waals surface area contributed by atoms with Crippen LogP contribution < -0.4 is 0 Å². The van der Waals surface area contributed by atoms with Gasteiger partial charge in [-0.15, -0.1) is 5.70 Å². The molecule has 0 N–H and O–H groups in total. The van der Waals surface area contributed by atoms with Crippen LogP contribution in [-0.2, 0) is 0 Å². The highest BCUT2D eigenvalue weighted by molar-refractivity contribution is 6.45. The molecule has 0 radical (unpaired) electrons. The molecule has 1 atom stereocenters. The van der Waals surface area contributed by atoms with Crippen LogP contribution in [0.25, 0.3) is 0 Å². The molecule has 0 aliphatic carbocycles. The van der Waals surface area contributed by atoms with Crippen molar-refractivity contribution < 1.29 is 0 Å². The summed E-state index contributed by atoms with van der Waals surface area (Å²) in [5, 5.41) is 0.587. The van der Waals surface area contributed by atoms with Crippen LogP contribution in [0.2, 0.25) is 5.04 Å². The van der Waals surface area contributed by atoms with Crippen molar-refractivity contribution in [1.29, 1.82) is 0 Å². The zero-order chi connectivity index (χ0) is 8.91. The third-order valence-corrected chi connectivity index (χ3v) is 3.57. The van der Waals surface area contributed by atoms with Gasteiger partial charge in [0.15, 0.2) is 0 Å². The van der Waals surface area contributed by atoms with Crippen molar-refractivity contribution in [2.24, 2.45) is 5.92 Å². The van der Waals surface area contributed by atoms with E-state index in [9.17, 15) is 0 Å². The van der Waals surface area contributed by atoms with Crippen molar-refractivity contribution in [3.8, 4) is 0 Å². The lowest BCUT2D eigenvalue weighted by atomic mass is 10.1. The van der Waals surface area contributed by atoms with Gasteiger partial charge in [0.25, 0.3) is 0 Å². The fourth-order valence-electron chi connectivity index (χ4n) is 0.790. The molecule has 11 heavy (non-hydrogen) atoms. The smallest absolute Gasteiger partial charge is 0.0503 e. The number of hydrogen-bond acceptors (Lipinski definition) is 0. The lowest BCUT2D eigenvalue weighted by Gasteiger charge is -2.14. The molecule has 0 spiro atoms. The van der Waals surface area contributed by atoms with Crippen molar-refractivity contribution in [1.82, 2.24) is 0 Å². The molecule has 0 aromatic carbocycles. The van der Waals surface area contributed by atoms with E-state index in [1.165, 1.54) is 6.42 Å². The van der Waals surface area contributed by atoms with Crippen molar-refractivity contribution >= 4 is 9.52 Å². The minimum Gasteiger partial charge on any atom is -0.105 e. The summed E-state index contributed by atoms with van der Waals surface area (Å²) < 4.78 is 0. The first-order valence-corrected chi connectivity index (χ1v) is 6.14. The van der Waals surface area contributed by atoms with E-state index >= 15 is 0 Å². The molecule has 0 aromatic rings. The molecule has 1 unspecified atom stereocenters. The highest BCUT2D eigenvalue weighted by Crippen LogP contribution is 2.20. The Morgan fingerprint density at radius 3 is 2.27 bits per heavy atom. The normalized spacial score (nSPS) is 16.8. The maximum atomic E-state index is 2.45. The van der Waals surface area contributed by atoms with Crippen LogP contribution in [-0.4, -0.2) is 9.52 Å². The molecular formula is C10H22Si. The van der Waals surface area contributed by atoms with Gasteiger partial charge in [0.1, 0.15) is 0 Å². The molecular weight excluding hydrogens is 148 g/mol. The molecule has 0 aliphatic rings. The number of rotatable bonds is 3. The van der Waals surface area contributed by atoms with Crippen molar-refractivity contribution in [3.63, 3.8) is 0 Å². The van der Waals surface area contributed by atoms with Crippen LogP contribution in [0.5, 0.6) is 0 Å². The minimum atomic E-state index is 0.0170. The number of hydrogen-bond donors (Lipinski definition) is 0. The van der Waals surface area contributed by atoms with E-state index in [0.717, 1.165) is 5.92 Å². The summed E-state index contributed by atoms with van der Waals surface area (Å²) in [6, 6.07) is 0. The molecule has 0 aromatic heterocycles. The molecule has 0 fully saturated rings. The van der Waals surface area contributed by atoms with E-state index in [1.807, 2.05) is 0 Å². The monoisotopic (exact) mass is 170 g/mol. The Balaban J connectivity index is 3.60. The van der Waals surface area contributed by atoms with Crippen LogP contribution in [0.4, 0.5) is 0 Å². The fourth-order valence-corrected chi connectivity index (χ4v) is 2.10. The van der Waals surface area contributed by atoms with Gasteiger partial charge in [0.05, 0.1) is 9.52 Å². The highest BCUT2D eigenvalue weighted by Gasteiger charge is 2.07. The van der Waals surface area contributed by atoms with Crippen molar-refractivity contribution in [2.45, 2.75) is 46.1 Å². The Bertz CT molecular complexity index is 119. The quantitative estimate of drug-likeness (QED) is 0.571. The summed E-state index contributed by atoms with van der Waals surface area (Å²) in [4.78, 5) is 0. The first-order chi connectivity index (χ1) is 4.95. The largest absolute Gasteiger partial charge is 0.105 e. The fraction of sp³-hybridized carbons (Fsp3) is 0.800. The lowest BCUT2D eigenvalue weighted by molar-refractivity contribution is 0.698. The summed E-state index contributed by atoms with van der Waals surface area (Å²) in [6.45, 7) is 11.5. The molecule has 0 heterocycles. The Hall–Kier alpha value is -0.0431. The highest BCUT2D eigenvalue weighted by atomic mass is 28.2. The van der Waals surface area contributed by atoms with Gasteiger partial charge in [-0.3, -0.25) is 0 Å². The Kier molecular flexibility index (Phi) is 4.74. The second kappa shape index (κ2) is 4.76. The molecule has 0 amide bonds. The van der Waals surface area contributed by atoms with Gasteiger partial charge >= 0.3 is 0 Å². The second-order valence-corrected chi connectivity index (χ2v) is 7.58. The predicted molar refractivity (Wildman–Crippen MR) is 56.9 cm³/mol. The number of allylic oxidation sites excluding steroid dienone is 1. The van der Waals surface area contributed by atoms with Crippen LogP contribution in [0.3, 0.4) is 0 Å². The molecule has 0 aliphatic heterocycles. The van der Waals surface area contributed by atoms with Gasteiger partial charge in [0.2, 0.25) is 0 Å². The van der Waals surface area contributed by atoms with E-state index in [1.54, 1.807) is 0 Å². The molecule has 1 heteroatoms. The van der Waals surface area contributed by atoms with Gasteiger partial charge < -0.3 is 0 Å². The molecule has 0 rings (SSSR count). The van der Waals surface area contributed by atoms with Gasteiger partial charge in [-0.1, -0.05) is 47.1 Å². The molecule has 0 saturated heterocycles. The summed E-state index contributed by atoms with van der Waals surface area (Å²) in [6.07, 6.45) is 3.66. The topological polar surface area (TPSA) is 0 Å². The molecule has 0 bridgehead atoms. The van der Waals surface area contributed by atoms with Crippen LogP contribution in [0.15, 0.2) is 11.8 Å². The van der Waals surface area contributed by atoms with Crippen LogP contribution in [0, 0.1) is 5.92 Å². The minimum absolute atomic E-state index is 0.0170. The van der Waals surface area contributed by atoms with Crippen molar-refractivity contribution in [2.75, 3.05) is 0 Å². The summed E-state index contributed by atoms with van der Waals surface area (Å²) in [5.41, 5.74) is 2.45. The van der Waals surface area contributed by atoms with E-state index in [4.69, 9.17) is 0 Å². The van der Waals surface area contributed by atoms with Gasteiger partial charge in [-0.05, 0) is 11.0 Å². The Labute approximate surface area is 73.9 Å². The van der Waals surface area contributed by atoms with Gasteiger partial charge in [-0.2, -0.15) is 0 Å². The average Bonchev–Trinajstić information content (AvgIpc) is 1.85. The maximum Gasteiger partial charge on any atom is 0.0503 e. The zero-order valence-corrected chi connectivity index (χ0v) is 10.1. The summed E-state index contributed by atoms with van der Waals surface area (Å²) >= 11 is 0. The first kappa shape index (κ1) is 11.0. The Morgan fingerprint density at radius 1 is 1.36 bits per heavy atom. The van der Waals surface area contributed by atoms with E-state index < -0.39 is 0 Å². The third kappa shape index (κ3) is 7.86. The van der Waals surface area contributed by atoms with Crippen LogP contribution in [0.1, 0.15) is 41.0 Å². The maximum absolute atomic E-state index is 2.45. The second-order valence-electron chi connectivity index (χ2n) is 4.58. The lowest BCUT2D eigenvalue weighted by Crippen LogP contribution is -2.05. The van der Waals surface area contributed by atoms with E-state index in [2.05, 4.69) is 46.4 Å². The molecule has 0 saturated carbocycles. The summed E-state index contributed by atoms with van der Waals surface area (Å²) in [7, 11) is 0.0170. The SMILES string of the molecule is CCC(C)C=C[SiH2]C(C)(C)C. The predicted octanol–water partition coefficient (Wildman–Crippen LogP) is 2.93. The van der Waals surface area contributed by atoms with E-state index in [-0.39, 0.29) is 9.52 Å². The standard InChI is InChI=1S/C10H22Si/c1-6-9(2)7-8-11-10(3,4)5/h7-9H,6,11H2,1-5H3. The first-order valence-electron chi connectivity index (χ1n) is 4.62. The zero-order valence-electron chi connectivity index (χ0n) is 8.65. The van der Waals surface area contributed by atoms with Crippen LogP contribution >= 0.6 is 0 Å². The molecule has 0 nitrogen and oxygen atoms in total. The average molecular weight is 170 g/mol. The Morgan fingerprint density at radius 2 is 1.91 bits per heavy atom. The third-order valence-electron chi connectivity index (χ3n) is 1.84. The van der Waals surface area contributed by atoms with Gasteiger partial charge in [0, 0.05) is 0 Å². The van der Waals surface area contributed by atoms with E-state index in [0.29, 0.717) is 5.04 Å². The summed E-state index contributed by atoms with van der Waals surface area (Å²) in [5.74, 6) is 0.782.